The van der Waals surface area contributed by atoms with Crippen molar-refractivity contribution < 1.29 is 9.18 Å². The van der Waals surface area contributed by atoms with Gasteiger partial charge in [-0.2, -0.15) is 0 Å². The molecule has 0 aliphatic rings. The minimum Gasteiger partial charge on any atom is -0.352 e. The van der Waals surface area contributed by atoms with Crippen LogP contribution in [0.4, 0.5) is 4.39 Å². The molecular weight excluding hydrogens is 391 g/mol. The number of nitrogens with zero attached hydrogens (tertiary/aromatic N) is 1. The summed E-state index contributed by atoms with van der Waals surface area (Å²) in [7, 11) is 0. The molecule has 1 amide bonds. The van der Waals surface area contributed by atoms with Crippen LogP contribution in [0.25, 0.3) is 10.6 Å². The van der Waals surface area contributed by atoms with Gasteiger partial charge in [0.25, 0.3) is 5.91 Å². The van der Waals surface area contributed by atoms with Crippen molar-refractivity contribution in [2.75, 3.05) is 6.54 Å². The third-order valence-corrected chi connectivity index (χ3v) is 5.04. The third kappa shape index (κ3) is 4.07. The maximum absolute atomic E-state index is 13.3. The minimum absolute atomic E-state index is 0.122. The van der Waals surface area contributed by atoms with Crippen LogP contribution >= 0.6 is 27.3 Å². The Kier molecular flexibility index (Phi) is 5.37. The SMILES string of the molecule is O=C(NCCc1csc(-c2cccc(F)c2)n1)c1ccccc1Br. The summed E-state index contributed by atoms with van der Waals surface area (Å²) in [5, 5.41) is 5.60. The van der Waals surface area contributed by atoms with E-state index in [1.165, 1.54) is 23.5 Å². The van der Waals surface area contributed by atoms with Crippen LogP contribution in [-0.4, -0.2) is 17.4 Å². The van der Waals surface area contributed by atoms with E-state index < -0.39 is 0 Å². The van der Waals surface area contributed by atoms with E-state index in [-0.39, 0.29) is 11.7 Å². The fourth-order valence-corrected chi connectivity index (χ4v) is 3.54. The molecule has 0 aliphatic carbocycles. The quantitative estimate of drug-likeness (QED) is 0.670. The van der Waals surface area contributed by atoms with E-state index in [1.54, 1.807) is 12.1 Å². The molecule has 0 saturated heterocycles. The Morgan fingerprint density at radius 1 is 1.21 bits per heavy atom. The van der Waals surface area contributed by atoms with Gasteiger partial charge in [0, 0.05) is 28.4 Å². The van der Waals surface area contributed by atoms with Crippen LogP contribution in [0, 0.1) is 5.82 Å². The van der Waals surface area contributed by atoms with Crippen molar-refractivity contribution in [2.45, 2.75) is 6.42 Å². The fourth-order valence-electron chi connectivity index (χ4n) is 2.22. The Hall–Kier alpha value is -2.05. The first kappa shape index (κ1) is 16.8. The Labute approximate surface area is 151 Å². The van der Waals surface area contributed by atoms with E-state index in [2.05, 4.69) is 26.2 Å². The van der Waals surface area contributed by atoms with Crippen molar-refractivity contribution in [1.82, 2.24) is 10.3 Å². The molecule has 0 aliphatic heterocycles. The van der Waals surface area contributed by atoms with E-state index in [4.69, 9.17) is 0 Å². The van der Waals surface area contributed by atoms with Gasteiger partial charge in [-0.15, -0.1) is 11.3 Å². The lowest BCUT2D eigenvalue weighted by molar-refractivity contribution is 0.0953. The molecule has 24 heavy (non-hydrogen) atoms. The molecule has 1 N–H and O–H groups in total. The Morgan fingerprint density at radius 2 is 2.04 bits per heavy atom. The van der Waals surface area contributed by atoms with E-state index in [0.29, 0.717) is 18.5 Å². The molecule has 0 spiro atoms. The molecule has 0 bridgehead atoms. The van der Waals surface area contributed by atoms with E-state index in [1.807, 2.05) is 29.6 Å². The summed E-state index contributed by atoms with van der Waals surface area (Å²) in [6.45, 7) is 0.493. The first-order valence-electron chi connectivity index (χ1n) is 7.36. The number of amides is 1. The molecule has 1 aromatic heterocycles. The number of aromatic nitrogens is 1. The zero-order valence-electron chi connectivity index (χ0n) is 12.6. The molecule has 1 heterocycles. The van der Waals surface area contributed by atoms with Crippen LogP contribution in [0.3, 0.4) is 0 Å². The summed E-state index contributed by atoms with van der Waals surface area (Å²) in [4.78, 5) is 16.6. The molecule has 0 saturated carbocycles. The van der Waals surface area contributed by atoms with Gasteiger partial charge in [0.2, 0.25) is 0 Å². The standard InChI is InChI=1S/C18H14BrFN2OS/c19-16-7-2-1-6-15(16)17(23)21-9-8-14-11-24-18(22-14)12-4-3-5-13(20)10-12/h1-7,10-11H,8-9H2,(H,21,23). The number of hydrogen-bond donors (Lipinski definition) is 1. The zero-order valence-corrected chi connectivity index (χ0v) is 15.0. The van der Waals surface area contributed by atoms with Crippen molar-refractivity contribution in [3.8, 4) is 10.6 Å². The molecule has 0 unspecified atom stereocenters. The normalized spacial score (nSPS) is 10.6. The van der Waals surface area contributed by atoms with Gasteiger partial charge in [-0.3, -0.25) is 4.79 Å². The van der Waals surface area contributed by atoms with Crippen molar-refractivity contribution in [3.05, 3.63) is 75.5 Å². The summed E-state index contributed by atoms with van der Waals surface area (Å²) in [5.41, 5.74) is 2.26. The number of rotatable bonds is 5. The monoisotopic (exact) mass is 404 g/mol. The second kappa shape index (κ2) is 7.68. The maximum atomic E-state index is 13.3. The predicted molar refractivity (Wildman–Crippen MR) is 97.7 cm³/mol. The first-order valence-corrected chi connectivity index (χ1v) is 9.04. The number of carbonyl (C=O) groups is 1. The molecule has 122 valence electrons. The number of thiazole rings is 1. The molecule has 3 aromatic rings. The third-order valence-electron chi connectivity index (χ3n) is 3.41. The van der Waals surface area contributed by atoms with Crippen molar-refractivity contribution >= 4 is 33.2 Å². The molecule has 0 radical (unpaired) electrons. The van der Waals surface area contributed by atoms with Gasteiger partial charge in [0.05, 0.1) is 11.3 Å². The summed E-state index contributed by atoms with van der Waals surface area (Å²) in [5.74, 6) is -0.395. The van der Waals surface area contributed by atoms with E-state index in [9.17, 15) is 9.18 Å². The van der Waals surface area contributed by atoms with Crippen LogP contribution in [0.2, 0.25) is 0 Å². The summed E-state index contributed by atoms with van der Waals surface area (Å²) >= 11 is 4.84. The van der Waals surface area contributed by atoms with E-state index >= 15 is 0 Å². The van der Waals surface area contributed by atoms with E-state index in [0.717, 1.165) is 20.7 Å². The Balaban J connectivity index is 1.58. The Morgan fingerprint density at radius 3 is 2.83 bits per heavy atom. The van der Waals surface area contributed by atoms with Gasteiger partial charge >= 0.3 is 0 Å². The number of hydrogen-bond acceptors (Lipinski definition) is 3. The van der Waals surface area contributed by atoms with Crippen LogP contribution in [0.5, 0.6) is 0 Å². The minimum atomic E-state index is -0.273. The van der Waals surface area contributed by atoms with Gasteiger partial charge < -0.3 is 5.32 Å². The smallest absolute Gasteiger partial charge is 0.252 e. The molecule has 3 nitrogen and oxygen atoms in total. The van der Waals surface area contributed by atoms with Gasteiger partial charge in [-0.1, -0.05) is 24.3 Å². The highest BCUT2D eigenvalue weighted by Gasteiger charge is 2.09. The molecule has 0 atom stereocenters. The molecule has 3 rings (SSSR count). The lowest BCUT2D eigenvalue weighted by Gasteiger charge is -2.05. The highest BCUT2D eigenvalue weighted by molar-refractivity contribution is 9.10. The van der Waals surface area contributed by atoms with Crippen molar-refractivity contribution in [1.29, 1.82) is 0 Å². The summed E-state index contributed by atoms with van der Waals surface area (Å²) in [6, 6.07) is 13.7. The zero-order chi connectivity index (χ0) is 16.9. The number of carbonyl (C=O) groups excluding carboxylic acids is 1. The number of halogens is 2. The number of nitrogens with one attached hydrogen (secondary N) is 1. The molecule has 2 aromatic carbocycles. The maximum Gasteiger partial charge on any atom is 0.252 e. The largest absolute Gasteiger partial charge is 0.352 e. The molecular formula is C18H14BrFN2OS. The van der Waals surface area contributed by atoms with Gasteiger partial charge in [-0.05, 0) is 40.2 Å². The molecule has 6 heteroatoms. The fraction of sp³-hybridized carbons (Fsp3) is 0.111. The van der Waals surface area contributed by atoms with Crippen LogP contribution < -0.4 is 5.32 Å². The van der Waals surface area contributed by atoms with Gasteiger partial charge in [-0.25, -0.2) is 9.37 Å². The summed E-state index contributed by atoms with van der Waals surface area (Å²) in [6.07, 6.45) is 0.627. The van der Waals surface area contributed by atoms with Crippen molar-refractivity contribution in [2.24, 2.45) is 0 Å². The van der Waals surface area contributed by atoms with Gasteiger partial charge in [0.1, 0.15) is 10.8 Å². The lowest BCUT2D eigenvalue weighted by atomic mass is 10.2. The highest BCUT2D eigenvalue weighted by atomic mass is 79.9. The predicted octanol–water partition coefficient (Wildman–Crippen LogP) is 4.68. The highest BCUT2D eigenvalue weighted by Crippen LogP contribution is 2.24. The van der Waals surface area contributed by atoms with Crippen LogP contribution in [0.1, 0.15) is 16.1 Å². The summed E-state index contributed by atoms with van der Waals surface area (Å²) < 4.78 is 14.0. The first-order chi connectivity index (χ1) is 11.6. The average molecular weight is 405 g/mol. The topological polar surface area (TPSA) is 42.0 Å². The van der Waals surface area contributed by atoms with Gasteiger partial charge in [0.15, 0.2) is 0 Å². The average Bonchev–Trinajstić information content (AvgIpc) is 3.04. The second-order valence-corrected chi connectivity index (χ2v) is 6.85. The molecule has 0 fully saturated rings. The van der Waals surface area contributed by atoms with Crippen LogP contribution in [0.15, 0.2) is 58.4 Å². The second-order valence-electron chi connectivity index (χ2n) is 5.14. The van der Waals surface area contributed by atoms with Crippen molar-refractivity contribution in [3.63, 3.8) is 0 Å². The number of benzene rings is 2. The Bertz CT molecular complexity index is 865. The van der Waals surface area contributed by atoms with Crippen LogP contribution in [-0.2, 0) is 6.42 Å². The lowest BCUT2D eigenvalue weighted by Crippen LogP contribution is -2.26.